The number of fused-ring (bicyclic) bond motifs is 1. The third-order valence-electron chi connectivity index (χ3n) is 3.20. The summed E-state index contributed by atoms with van der Waals surface area (Å²) in [4.78, 5) is 4.79. The first-order valence-corrected chi connectivity index (χ1v) is 7.60. The van der Waals surface area contributed by atoms with Crippen molar-refractivity contribution in [2.75, 3.05) is 5.75 Å². The Morgan fingerprint density at radius 1 is 1.33 bits per heavy atom. The van der Waals surface area contributed by atoms with E-state index in [1.807, 2.05) is 11.8 Å². The van der Waals surface area contributed by atoms with Gasteiger partial charge in [0.25, 0.3) is 0 Å². The highest BCUT2D eigenvalue weighted by Gasteiger charge is 2.20. The fourth-order valence-electron chi connectivity index (χ4n) is 2.07. The summed E-state index contributed by atoms with van der Waals surface area (Å²) in [5.74, 6) is 1.07. The molecule has 3 heteroatoms. The third-order valence-corrected chi connectivity index (χ3v) is 4.12. The van der Waals surface area contributed by atoms with Crippen LogP contribution in [-0.4, -0.2) is 16.8 Å². The average Bonchev–Trinajstić information content (AvgIpc) is 3.20. The standard InChI is InChI=1S/C15H18N2S/c1-2-18-15-12(10-16-13-7-8-13)9-11-5-3-4-6-14(11)17-15/h3-6,9,13,16H,2,7-8,10H2,1H3. The van der Waals surface area contributed by atoms with Crippen LogP contribution in [0.25, 0.3) is 10.9 Å². The zero-order valence-corrected chi connectivity index (χ0v) is 11.5. The van der Waals surface area contributed by atoms with Crippen molar-refractivity contribution in [2.45, 2.75) is 37.4 Å². The maximum Gasteiger partial charge on any atom is 0.101 e. The first kappa shape index (κ1) is 12.0. The Hall–Kier alpha value is -1.06. The maximum atomic E-state index is 4.79. The maximum absolute atomic E-state index is 4.79. The molecule has 2 aromatic rings. The molecule has 94 valence electrons. The molecule has 18 heavy (non-hydrogen) atoms. The Labute approximate surface area is 112 Å². The van der Waals surface area contributed by atoms with Gasteiger partial charge in [0.2, 0.25) is 0 Å². The third kappa shape index (κ3) is 2.68. The van der Waals surface area contributed by atoms with E-state index in [-0.39, 0.29) is 0 Å². The van der Waals surface area contributed by atoms with E-state index in [9.17, 15) is 0 Å². The van der Waals surface area contributed by atoms with E-state index in [2.05, 4.69) is 42.6 Å². The second-order valence-corrected chi connectivity index (χ2v) is 5.99. The number of benzene rings is 1. The number of nitrogens with one attached hydrogen (secondary N) is 1. The van der Waals surface area contributed by atoms with Gasteiger partial charge in [0.1, 0.15) is 5.03 Å². The van der Waals surface area contributed by atoms with E-state index in [1.54, 1.807) is 0 Å². The van der Waals surface area contributed by atoms with Crippen LogP contribution in [0.15, 0.2) is 35.4 Å². The van der Waals surface area contributed by atoms with Crippen LogP contribution in [0.2, 0.25) is 0 Å². The zero-order valence-electron chi connectivity index (χ0n) is 10.6. The number of aromatic nitrogens is 1. The summed E-state index contributed by atoms with van der Waals surface area (Å²) in [6.45, 7) is 3.13. The van der Waals surface area contributed by atoms with Crippen LogP contribution in [0, 0.1) is 0 Å². The molecule has 1 aliphatic rings. The molecule has 3 rings (SSSR count). The van der Waals surface area contributed by atoms with E-state index in [1.165, 1.54) is 28.8 Å². The van der Waals surface area contributed by atoms with Gasteiger partial charge in [0, 0.05) is 18.0 Å². The van der Waals surface area contributed by atoms with Crippen molar-refractivity contribution in [1.82, 2.24) is 10.3 Å². The van der Waals surface area contributed by atoms with Crippen molar-refractivity contribution < 1.29 is 0 Å². The van der Waals surface area contributed by atoms with Crippen LogP contribution in [0.5, 0.6) is 0 Å². The monoisotopic (exact) mass is 258 g/mol. The molecule has 0 radical (unpaired) electrons. The number of pyridine rings is 1. The molecule has 1 aromatic heterocycles. The van der Waals surface area contributed by atoms with E-state index in [0.29, 0.717) is 0 Å². The summed E-state index contributed by atoms with van der Waals surface area (Å²) in [7, 11) is 0. The van der Waals surface area contributed by atoms with E-state index in [0.717, 1.165) is 23.9 Å². The molecule has 1 aromatic carbocycles. The van der Waals surface area contributed by atoms with E-state index < -0.39 is 0 Å². The van der Waals surface area contributed by atoms with Crippen LogP contribution in [0.3, 0.4) is 0 Å². The highest BCUT2D eigenvalue weighted by atomic mass is 32.2. The smallest absolute Gasteiger partial charge is 0.101 e. The summed E-state index contributed by atoms with van der Waals surface area (Å²) < 4.78 is 0. The number of hydrogen-bond donors (Lipinski definition) is 1. The van der Waals surface area contributed by atoms with E-state index in [4.69, 9.17) is 4.98 Å². The number of hydrogen-bond acceptors (Lipinski definition) is 3. The molecule has 0 unspecified atom stereocenters. The molecule has 0 spiro atoms. The lowest BCUT2D eigenvalue weighted by Gasteiger charge is -2.10. The summed E-state index contributed by atoms with van der Waals surface area (Å²) in [5, 5.41) is 6.01. The van der Waals surface area contributed by atoms with Gasteiger partial charge in [-0.25, -0.2) is 4.98 Å². The van der Waals surface area contributed by atoms with Gasteiger partial charge in [-0.2, -0.15) is 0 Å². The van der Waals surface area contributed by atoms with Gasteiger partial charge in [-0.15, -0.1) is 11.8 Å². The van der Waals surface area contributed by atoms with Gasteiger partial charge >= 0.3 is 0 Å². The zero-order chi connectivity index (χ0) is 12.4. The van der Waals surface area contributed by atoms with Crippen LogP contribution in [0.1, 0.15) is 25.3 Å². The molecule has 0 saturated heterocycles. The molecule has 0 atom stereocenters. The fourth-order valence-corrected chi connectivity index (χ4v) is 2.82. The molecular formula is C15H18N2S. The summed E-state index contributed by atoms with van der Waals surface area (Å²) in [5.41, 5.74) is 2.44. The van der Waals surface area contributed by atoms with Gasteiger partial charge in [0.15, 0.2) is 0 Å². The van der Waals surface area contributed by atoms with Crippen molar-refractivity contribution in [3.63, 3.8) is 0 Å². The van der Waals surface area contributed by atoms with Gasteiger partial charge in [-0.3, -0.25) is 0 Å². The van der Waals surface area contributed by atoms with Crippen molar-refractivity contribution in [3.05, 3.63) is 35.9 Å². The predicted molar refractivity (Wildman–Crippen MR) is 78.0 cm³/mol. The first-order chi connectivity index (χ1) is 8.86. The van der Waals surface area contributed by atoms with Crippen molar-refractivity contribution in [1.29, 1.82) is 0 Å². The largest absolute Gasteiger partial charge is 0.310 e. The lowest BCUT2D eigenvalue weighted by Crippen LogP contribution is -2.16. The molecule has 1 heterocycles. The molecule has 1 N–H and O–H groups in total. The van der Waals surface area contributed by atoms with Crippen LogP contribution < -0.4 is 5.32 Å². The number of nitrogens with zero attached hydrogens (tertiary/aromatic N) is 1. The first-order valence-electron chi connectivity index (χ1n) is 6.61. The Bertz CT molecular complexity index is 549. The Morgan fingerprint density at radius 3 is 2.94 bits per heavy atom. The van der Waals surface area contributed by atoms with Gasteiger partial charge < -0.3 is 5.32 Å². The second kappa shape index (κ2) is 5.29. The Morgan fingerprint density at radius 2 is 2.17 bits per heavy atom. The average molecular weight is 258 g/mol. The van der Waals surface area contributed by atoms with Gasteiger partial charge in [0.05, 0.1) is 5.52 Å². The minimum absolute atomic E-state index is 0.746. The molecule has 1 saturated carbocycles. The molecule has 1 fully saturated rings. The predicted octanol–water partition coefficient (Wildman–Crippen LogP) is 3.60. The van der Waals surface area contributed by atoms with Gasteiger partial charge in [-0.1, -0.05) is 25.1 Å². The summed E-state index contributed by atoms with van der Waals surface area (Å²) in [6, 6.07) is 11.4. The van der Waals surface area contributed by atoms with Gasteiger partial charge in [-0.05, 0) is 36.3 Å². The molecule has 0 aliphatic heterocycles. The highest BCUT2D eigenvalue weighted by molar-refractivity contribution is 7.99. The lowest BCUT2D eigenvalue weighted by molar-refractivity contribution is 0.677. The van der Waals surface area contributed by atoms with Crippen molar-refractivity contribution in [2.24, 2.45) is 0 Å². The van der Waals surface area contributed by atoms with Crippen LogP contribution in [0.4, 0.5) is 0 Å². The Kier molecular flexibility index (Phi) is 3.52. The van der Waals surface area contributed by atoms with Crippen molar-refractivity contribution >= 4 is 22.7 Å². The SMILES string of the molecule is CCSc1nc2ccccc2cc1CNC1CC1. The molecule has 2 nitrogen and oxygen atoms in total. The lowest BCUT2D eigenvalue weighted by atomic mass is 10.1. The highest BCUT2D eigenvalue weighted by Crippen LogP contribution is 2.26. The topological polar surface area (TPSA) is 24.9 Å². The van der Waals surface area contributed by atoms with Crippen LogP contribution >= 0.6 is 11.8 Å². The normalized spacial score (nSPS) is 15.2. The number of para-hydroxylation sites is 1. The Balaban J connectivity index is 1.93. The minimum Gasteiger partial charge on any atom is -0.310 e. The fraction of sp³-hybridized carbons (Fsp3) is 0.400. The molecule has 0 bridgehead atoms. The summed E-state index contributed by atoms with van der Waals surface area (Å²) in [6.07, 6.45) is 2.66. The summed E-state index contributed by atoms with van der Waals surface area (Å²) >= 11 is 1.84. The van der Waals surface area contributed by atoms with Crippen molar-refractivity contribution in [3.8, 4) is 0 Å². The van der Waals surface area contributed by atoms with E-state index >= 15 is 0 Å². The molecule has 1 aliphatic carbocycles. The second-order valence-electron chi connectivity index (χ2n) is 4.73. The quantitative estimate of drug-likeness (QED) is 0.829. The molecular weight excluding hydrogens is 240 g/mol. The number of rotatable bonds is 5. The minimum atomic E-state index is 0.746. The number of thioether (sulfide) groups is 1. The van der Waals surface area contributed by atoms with Crippen LogP contribution in [-0.2, 0) is 6.54 Å². The molecule has 0 amide bonds.